The van der Waals surface area contributed by atoms with Gasteiger partial charge in [-0.2, -0.15) is 0 Å². The van der Waals surface area contributed by atoms with Crippen molar-refractivity contribution in [3.8, 4) is 0 Å². The van der Waals surface area contributed by atoms with Crippen LogP contribution in [0.1, 0.15) is 43.0 Å². The summed E-state index contributed by atoms with van der Waals surface area (Å²) in [4.78, 5) is 7.63. The number of thiocarbonyl (C=S) groups is 1. The molecule has 0 radical (unpaired) electrons. The molecular formula is C16H23N3OS. The Morgan fingerprint density at radius 2 is 2.24 bits per heavy atom. The van der Waals surface area contributed by atoms with Gasteiger partial charge in [0.25, 0.3) is 0 Å². The Labute approximate surface area is 131 Å². The van der Waals surface area contributed by atoms with E-state index in [2.05, 4.69) is 17.9 Å². The first-order valence-electron chi connectivity index (χ1n) is 7.65. The Hall–Kier alpha value is -1.20. The van der Waals surface area contributed by atoms with Crippen molar-refractivity contribution in [2.24, 2.45) is 5.73 Å². The molecule has 1 fully saturated rings. The standard InChI is InChI=1S/C16H23N3OS/c1-16(20-2)7-4-8-19(10-16)15-12(14(17)21)9-11-5-3-6-13(11)18-15/h9H,3-8,10H2,1-2H3,(H2,17,21). The Bertz CT molecular complexity index is 575. The second-order valence-corrected chi connectivity index (χ2v) is 6.80. The minimum atomic E-state index is -0.119. The zero-order valence-electron chi connectivity index (χ0n) is 12.8. The fourth-order valence-corrected chi connectivity index (χ4v) is 3.59. The number of aryl methyl sites for hydroxylation is 2. The summed E-state index contributed by atoms with van der Waals surface area (Å²) in [6, 6.07) is 2.16. The van der Waals surface area contributed by atoms with Gasteiger partial charge in [-0.1, -0.05) is 12.2 Å². The van der Waals surface area contributed by atoms with E-state index in [0.29, 0.717) is 4.99 Å². The summed E-state index contributed by atoms with van der Waals surface area (Å²) in [5.41, 5.74) is 9.28. The van der Waals surface area contributed by atoms with Gasteiger partial charge in [-0.25, -0.2) is 4.98 Å². The van der Waals surface area contributed by atoms with Gasteiger partial charge in [-0.3, -0.25) is 0 Å². The smallest absolute Gasteiger partial charge is 0.139 e. The molecule has 1 atom stereocenters. The molecule has 1 aliphatic heterocycles. The van der Waals surface area contributed by atoms with Gasteiger partial charge in [-0.15, -0.1) is 0 Å². The van der Waals surface area contributed by atoms with Crippen molar-refractivity contribution in [1.82, 2.24) is 4.98 Å². The van der Waals surface area contributed by atoms with E-state index >= 15 is 0 Å². The third kappa shape index (κ3) is 2.77. The van der Waals surface area contributed by atoms with Crippen LogP contribution in [0.15, 0.2) is 6.07 Å². The number of methoxy groups -OCH3 is 1. The van der Waals surface area contributed by atoms with Crippen LogP contribution in [0.4, 0.5) is 5.82 Å². The number of anilines is 1. The molecule has 4 nitrogen and oxygen atoms in total. The maximum atomic E-state index is 5.95. The molecule has 21 heavy (non-hydrogen) atoms. The number of rotatable bonds is 3. The largest absolute Gasteiger partial charge is 0.389 e. The number of aromatic nitrogens is 1. The van der Waals surface area contributed by atoms with Gasteiger partial charge in [0.1, 0.15) is 10.8 Å². The summed E-state index contributed by atoms with van der Waals surface area (Å²) in [7, 11) is 1.79. The highest BCUT2D eigenvalue weighted by molar-refractivity contribution is 7.80. The molecule has 1 aromatic rings. The van der Waals surface area contributed by atoms with Gasteiger partial charge in [0.2, 0.25) is 0 Å². The fourth-order valence-electron chi connectivity index (χ4n) is 3.44. The number of nitrogens with zero attached hydrogens (tertiary/aromatic N) is 2. The van der Waals surface area contributed by atoms with Gasteiger partial charge in [0.05, 0.1) is 11.2 Å². The molecule has 1 aliphatic carbocycles. The van der Waals surface area contributed by atoms with Gasteiger partial charge < -0.3 is 15.4 Å². The number of ether oxygens (including phenoxy) is 1. The Kier molecular flexibility index (Phi) is 3.88. The molecule has 2 heterocycles. The van der Waals surface area contributed by atoms with Crippen LogP contribution in [0.3, 0.4) is 0 Å². The van der Waals surface area contributed by atoms with Gasteiger partial charge in [0.15, 0.2) is 0 Å². The van der Waals surface area contributed by atoms with E-state index in [1.54, 1.807) is 7.11 Å². The summed E-state index contributed by atoms with van der Waals surface area (Å²) < 4.78 is 5.69. The zero-order valence-corrected chi connectivity index (χ0v) is 13.6. The second kappa shape index (κ2) is 5.54. The maximum Gasteiger partial charge on any atom is 0.139 e. The molecule has 1 unspecified atom stereocenters. The van der Waals surface area contributed by atoms with E-state index in [9.17, 15) is 0 Å². The number of piperidine rings is 1. The zero-order chi connectivity index (χ0) is 15.0. The highest BCUT2D eigenvalue weighted by Crippen LogP contribution is 2.32. The summed E-state index contributed by atoms with van der Waals surface area (Å²) in [6.45, 7) is 3.98. The van der Waals surface area contributed by atoms with Crippen LogP contribution >= 0.6 is 12.2 Å². The predicted octanol–water partition coefficient (Wildman–Crippen LogP) is 2.21. The highest BCUT2D eigenvalue weighted by Gasteiger charge is 2.33. The van der Waals surface area contributed by atoms with E-state index in [0.717, 1.165) is 50.2 Å². The van der Waals surface area contributed by atoms with Crippen molar-refractivity contribution < 1.29 is 4.74 Å². The lowest BCUT2D eigenvalue weighted by atomic mass is 9.94. The number of nitrogens with two attached hydrogens (primary N) is 1. The topological polar surface area (TPSA) is 51.4 Å². The van der Waals surface area contributed by atoms with Crippen LogP contribution in [-0.4, -0.2) is 35.8 Å². The van der Waals surface area contributed by atoms with Crippen LogP contribution in [-0.2, 0) is 17.6 Å². The average Bonchev–Trinajstić information content (AvgIpc) is 2.93. The van der Waals surface area contributed by atoms with Crippen molar-refractivity contribution in [3.05, 3.63) is 22.9 Å². The van der Waals surface area contributed by atoms with Crippen LogP contribution in [0.5, 0.6) is 0 Å². The van der Waals surface area contributed by atoms with Gasteiger partial charge >= 0.3 is 0 Å². The molecule has 0 bridgehead atoms. The minimum absolute atomic E-state index is 0.119. The molecule has 0 spiro atoms. The van der Waals surface area contributed by atoms with Crippen molar-refractivity contribution in [3.63, 3.8) is 0 Å². The number of hydrogen-bond donors (Lipinski definition) is 1. The first-order chi connectivity index (χ1) is 10.0. The molecule has 5 heteroatoms. The van der Waals surface area contributed by atoms with E-state index < -0.39 is 0 Å². The molecule has 114 valence electrons. The minimum Gasteiger partial charge on any atom is -0.389 e. The molecule has 0 aromatic carbocycles. The van der Waals surface area contributed by atoms with Crippen LogP contribution in [0.25, 0.3) is 0 Å². The van der Waals surface area contributed by atoms with E-state index in [-0.39, 0.29) is 5.60 Å². The third-order valence-corrected chi connectivity index (χ3v) is 4.97. The van der Waals surface area contributed by atoms with Crippen LogP contribution < -0.4 is 10.6 Å². The molecular weight excluding hydrogens is 282 g/mol. The molecule has 0 amide bonds. The molecule has 2 N–H and O–H groups in total. The first-order valence-corrected chi connectivity index (χ1v) is 8.06. The highest BCUT2D eigenvalue weighted by atomic mass is 32.1. The molecule has 0 saturated carbocycles. The maximum absolute atomic E-state index is 5.95. The van der Waals surface area contributed by atoms with Crippen molar-refractivity contribution in [2.45, 2.75) is 44.6 Å². The summed E-state index contributed by atoms with van der Waals surface area (Å²) in [6.07, 6.45) is 5.51. The predicted molar refractivity (Wildman–Crippen MR) is 89.0 cm³/mol. The van der Waals surface area contributed by atoms with Crippen molar-refractivity contribution >= 4 is 23.0 Å². The second-order valence-electron chi connectivity index (χ2n) is 6.36. The Morgan fingerprint density at radius 1 is 1.43 bits per heavy atom. The van der Waals surface area contributed by atoms with Crippen molar-refractivity contribution in [2.75, 3.05) is 25.1 Å². The normalized spacial score (nSPS) is 25.0. The van der Waals surface area contributed by atoms with Crippen molar-refractivity contribution in [1.29, 1.82) is 0 Å². The quantitative estimate of drug-likeness (QED) is 0.868. The van der Waals surface area contributed by atoms with E-state index in [4.69, 9.17) is 27.7 Å². The summed E-state index contributed by atoms with van der Waals surface area (Å²) in [5, 5.41) is 0. The van der Waals surface area contributed by atoms with E-state index in [1.807, 2.05) is 0 Å². The Morgan fingerprint density at radius 3 is 2.95 bits per heavy atom. The first kappa shape index (κ1) is 14.7. The summed E-state index contributed by atoms with van der Waals surface area (Å²) in [5.74, 6) is 0.950. The van der Waals surface area contributed by atoms with Gasteiger partial charge in [-0.05, 0) is 50.7 Å². The fraction of sp³-hybridized carbons (Fsp3) is 0.625. The summed E-state index contributed by atoms with van der Waals surface area (Å²) >= 11 is 5.26. The monoisotopic (exact) mass is 305 g/mol. The van der Waals surface area contributed by atoms with Gasteiger partial charge in [0, 0.05) is 25.9 Å². The Balaban J connectivity index is 1.99. The van der Waals surface area contributed by atoms with Crippen LogP contribution in [0.2, 0.25) is 0 Å². The SMILES string of the molecule is COC1(C)CCCN(c2nc3c(cc2C(N)=S)CCC3)C1. The molecule has 2 aliphatic rings. The lowest BCUT2D eigenvalue weighted by Gasteiger charge is -2.40. The molecule has 1 saturated heterocycles. The van der Waals surface area contributed by atoms with E-state index in [1.165, 1.54) is 17.7 Å². The number of fused-ring (bicyclic) bond motifs is 1. The number of pyridine rings is 1. The lowest BCUT2D eigenvalue weighted by Crippen LogP contribution is -2.48. The lowest BCUT2D eigenvalue weighted by molar-refractivity contribution is -0.00482. The molecule has 3 rings (SSSR count). The average molecular weight is 305 g/mol. The third-order valence-electron chi connectivity index (χ3n) is 4.75. The van der Waals surface area contributed by atoms with Crippen LogP contribution in [0, 0.1) is 0 Å². The number of hydrogen-bond acceptors (Lipinski definition) is 4. The molecule has 1 aromatic heterocycles.